The molecule has 0 atom stereocenters. The molecule has 0 rings (SSSR count). The first-order chi connectivity index (χ1) is 6.72. The number of rotatable bonds is 8. The summed E-state index contributed by atoms with van der Waals surface area (Å²) in [5.41, 5.74) is 0.508. The molecule has 0 aliphatic carbocycles. The largest absolute Gasteiger partial charge is 0.435 e. The third-order valence-electron chi connectivity index (χ3n) is 1.63. The number of carbonyl (C=O) groups excluding carboxylic acids is 1. The highest BCUT2D eigenvalue weighted by molar-refractivity contribution is 5.87. The predicted molar refractivity (Wildman–Crippen MR) is 55.8 cm³/mol. The Labute approximate surface area is 85.4 Å². The Morgan fingerprint density at radius 1 is 1.50 bits per heavy atom. The van der Waals surface area contributed by atoms with E-state index in [9.17, 15) is 4.79 Å². The van der Waals surface area contributed by atoms with Crippen molar-refractivity contribution in [2.75, 3.05) is 13.4 Å². The summed E-state index contributed by atoms with van der Waals surface area (Å²) in [5.74, 6) is -0.373. The smallest absolute Gasteiger partial charge is 0.335 e. The molecule has 0 saturated heterocycles. The van der Waals surface area contributed by atoms with Crippen molar-refractivity contribution in [3.05, 3.63) is 24.8 Å². The van der Waals surface area contributed by atoms with E-state index in [1.54, 1.807) is 6.08 Å². The lowest BCUT2D eigenvalue weighted by molar-refractivity contribution is -0.150. The number of carbonyl (C=O) groups is 1. The fourth-order valence-electron chi connectivity index (χ4n) is 0.821. The van der Waals surface area contributed by atoms with Gasteiger partial charge in [0.1, 0.15) is 0 Å². The summed E-state index contributed by atoms with van der Waals surface area (Å²) in [5, 5.41) is 0. The second-order valence-corrected chi connectivity index (χ2v) is 2.92. The standard InChI is InChI=1S/C11H18O3/c1-4-6-7-10(3)11(12)14-9-13-8-5-2/h5H,2-4,6-9H2,1H3. The molecule has 0 aromatic heterocycles. The Kier molecular flexibility index (Phi) is 7.84. The topological polar surface area (TPSA) is 35.5 Å². The van der Waals surface area contributed by atoms with Gasteiger partial charge in [0.15, 0.2) is 6.79 Å². The maximum Gasteiger partial charge on any atom is 0.335 e. The van der Waals surface area contributed by atoms with Gasteiger partial charge in [-0.1, -0.05) is 26.0 Å². The summed E-state index contributed by atoms with van der Waals surface area (Å²) >= 11 is 0. The van der Waals surface area contributed by atoms with Crippen molar-refractivity contribution >= 4 is 5.97 Å². The van der Waals surface area contributed by atoms with Gasteiger partial charge in [-0.05, 0) is 12.8 Å². The van der Waals surface area contributed by atoms with Gasteiger partial charge in [0.25, 0.3) is 0 Å². The predicted octanol–water partition coefficient (Wildman–Crippen LogP) is 2.44. The minimum absolute atomic E-state index is 0.0317. The average Bonchev–Trinajstić information content (AvgIpc) is 2.20. The summed E-state index contributed by atoms with van der Waals surface area (Å²) < 4.78 is 9.70. The summed E-state index contributed by atoms with van der Waals surface area (Å²) in [6.07, 6.45) is 4.29. The molecule has 0 N–H and O–H groups in total. The summed E-state index contributed by atoms with van der Waals surface area (Å²) in [4.78, 5) is 11.2. The molecule has 3 nitrogen and oxygen atoms in total. The molecule has 3 heteroatoms. The van der Waals surface area contributed by atoms with Gasteiger partial charge in [-0.2, -0.15) is 0 Å². The molecule has 0 fully saturated rings. The number of ether oxygens (including phenoxy) is 2. The van der Waals surface area contributed by atoms with Crippen LogP contribution in [0.5, 0.6) is 0 Å². The van der Waals surface area contributed by atoms with E-state index in [4.69, 9.17) is 9.47 Å². The maximum atomic E-state index is 11.2. The van der Waals surface area contributed by atoms with Crippen LogP contribution < -0.4 is 0 Å². The summed E-state index contributed by atoms with van der Waals surface area (Å²) in [7, 11) is 0. The van der Waals surface area contributed by atoms with Crippen molar-refractivity contribution in [2.24, 2.45) is 0 Å². The van der Waals surface area contributed by atoms with Gasteiger partial charge in [0, 0.05) is 5.57 Å². The Morgan fingerprint density at radius 3 is 2.79 bits per heavy atom. The highest BCUT2D eigenvalue weighted by atomic mass is 16.7. The van der Waals surface area contributed by atoms with E-state index in [0.717, 1.165) is 12.8 Å². The molecule has 0 saturated carbocycles. The lowest BCUT2D eigenvalue weighted by atomic mass is 10.1. The minimum atomic E-state index is -0.373. The summed E-state index contributed by atoms with van der Waals surface area (Å²) in [6, 6.07) is 0. The third kappa shape index (κ3) is 6.43. The van der Waals surface area contributed by atoms with Crippen LogP contribution in [-0.4, -0.2) is 19.4 Å². The Balaban J connectivity index is 3.52. The second-order valence-electron chi connectivity index (χ2n) is 2.92. The molecular formula is C11H18O3. The number of esters is 1. The molecule has 0 heterocycles. The minimum Gasteiger partial charge on any atom is -0.435 e. The van der Waals surface area contributed by atoms with Crippen LogP contribution in [0.3, 0.4) is 0 Å². The Hall–Kier alpha value is -1.09. The van der Waals surface area contributed by atoms with Crippen LogP contribution in [-0.2, 0) is 14.3 Å². The van der Waals surface area contributed by atoms with E-state index in [2.05, 4.69) is 20.1 Å². The van der Waals surface area contributed by atoms with Crippen LogP contribution >= 0.6 is 0 Å². The van der Waals surface area contributed by atoms with Crippen molar-refractivity contribution in [3.8, 4) is 0 Å². The Bertz CT molecular complexity index is 197. The van der Waals surface area contributed by atoms with Gasteiger partial charge in [0.2, 0.25) is 0 Å². The van der Waals surface area contributed by atoms with Crippen molar-refractivity contribution in [2.45, 2.75) is 26.2 Å². The normalized spacial score (nSPS) is 9.50. The third-order valence-corrected chi connectivity index (χ3v) is 1.63. The van der Waals surface area contributed by atoms with E-state index in [1.165, 1.54) is 0 Å². The highest BCUT2D eigenvalue weighted by Gasteiger charge is 2.06. The molecule has 0 aromatic rings. The van der Waals surface area contributed by atoms with Crippen molar-refractivity contribution in [1.29, 1.82) is 0 Å². The van der Waals surface area contributed by atoms with Crippen molar-refractivity contribution < 1.29 is 14.3 Å². The quantitative estimate of drug-likeness (QED) is 0.197. The zero-order chi connectivity index (χ0) is 10.8. The maximum absolute atomic E-state index is 11.2. The lowest BCUT2D eigenvalue weighted by Crippen LogP contribution is -2.10. The SMILES string of the molecule is C=CCOCOC(=O)C(=C)CCCC. The van der Waals surface area contributed by atoms with Crippen LogP contribution in [0.4, 0.5) is 0 Å². The number of hydrogen-bond donors (Lipinski definition) is 0. The van der Waals surface area contributed by atoms with Gasteiger partial charge in [0.05, 0.1) is 6.61 Å². The molecule has 0 bridgehead atoms. The average molecular weight is 198 g/mol. The fraction of sp³-hybridized carbons (Fsp3) is 0.545. The molecule has 0 aliphatic heterocycles. The molecular weight excluding hydrogens is 180 g/mol. The van der Waals surface area contributed by atoms with Crippen molar-refractivity contribution in [3.63, 3.8) is 0 Å². The molecule has 0 aliphatic rings. The molecule has 0 aromatic carbocycles. The first kappa shape index (κ1) is 12.9. The van der Waals surface area contributed by atoms with Gasteiger partial charge >= 0.3 is 5.97 Å². The van der Waals surface area contributed by atoms with Gasteiger partial charge in [-0.25, -0.2) is 4.79 Å². The van der Waals surface area contributed by atoms with E-state index in [0.29, 0.717) is 18.6 Å². The molecule has 0 radical (unpaired) electrons. The first-order valence-corrected chi connectivity index (χ1v) is 4.75. The molecule has 80 valence electrons. The fourth-order valence-corrected chi connectivity index (χ4v) is 0.821. The van der Waals surface area contributed by atoms with Crippen LogP contribution in [0.15, 0.2) is 24.8 Å². The molecule has 14 heavy (non-hydrogen) atoms. The van der Waals surface area contributed by atoms with Crippen LogP contribution in [0.2, 0.25) is 0 Å². The van der Waals surface area contributed by atoms with Crippen LogP contribution in [0, 0.1) is 0 Å². The highest BCUT2D eigenvalue weighted by Crippen LogP contribution is 2.06. The molecule has 0 unspecified atom stereocenters. The number of hydrogen-bond acceptors (Lipinski definition) is 3. The van der Waals surface area contributed by atoms with Gasteiger partial charge in [-0.15, -0.1) is 6.58 Å². The number of unbranched alkanes of at least 4 members (excludes halogenated alkanes) is 1. The monoisotopic (exact) mass is 198 g/mol. The van der Waals surface area contributed by atoms with E-state index < -0.39 is 0 Å². The Morgan fingerprint density at radius 2 is 2.21 bits per heavy atom. The van der Waals surface area contributed by atoms with Crippen molar-refractivity contribution in [1.82, 2.24) is 0 Å². The first-order valence-electron chi connectivity index (χ1n) is 4.75. The zero-order valence-corrected chi connectivity index (χ0v) is 8.75. The second kappa shape index (κ2) is 8.51. The lowest BCUT2D eigenvalue weighted by Gasteiger charge is -2.05. The molecule has 0 spiro atoms. The van der Waals surface area contributed by atoms with Gasteiger partial charge < -0.3 is 9.47 Å². The zero-order valence-electron chi connectivity index (χ0n) is 8.75. The van der Waals surface area contributed by atoms with E-state index in [1.807, 2.05) is 0 Å². The van der Waals surface area contributed by atoms with Crippen LogP contribution in [0.1, 0.15) is 26.2 Å². The van der Waals surface area contributed by atoms with E-state index >= 15 is 0 Å². The van der Waals surface area contributed by atoms with Gasteiger partial charge in [-0.3, -0.25) is 0 Å². The molecule has 0 amide bonds. The van der Waals surface area contributed by atoms with Crippen LogP contribution in [0.25, 0.3) is 0 Å². The van der Waals surface area contributed by atoms with E-state index in [-0.39, 0.29) is 12.8 Å². The summed E-state index contributed by atoms with van der Waals surface area (Å²) in [6.45, 7) is 9.52.